The maximum Gasteiger partial charge on any atom is 0.175 e. The first-order valence-corrected chi connectivity index (χ1v) is 27.2. The molecule has 0 aromatic heterocycles. The number of ether oxygens (including phenoxy) is 8. The van der Waals surface area contributed by atoms with Gasteiger partial charge in [0.2, 0.25) is 0 Å². The number of methoxy groups -OCH3 is 8. The third kappa shape index (κ3) is 14.0. The summed E-state index contributed by atoms with van der Waals surface area (Å²) < 4.78 is 86.3. The fraction of sp³-hybridized carbons (Fsp3) is 0.156. The first-order valence-electron chi connectivity index (χ1n) is 25.1. The highest BCUT2D eigenvalue weighted by Crippen LogP contribution is 2.59. The van der Waals surface area contributed by atoms with Gasteiger partial charge in [-0.15, -0.1) is 46.4 Å². The molecule has 0 aliphatic rings. The van der Waals surface area contributed by atoms with E-state index in [1.807, 2.05) is 0 Å². The molecule has 0 saturated heterocycles. The zero-order valence-electron chi connectivity index (χ0n) is 46.2. The number of benzene rings is 9. The van der Waals surface area contributed by atoms with Gasteiger partial charge >= 0.3 is 0 Å². The Morgan fingerprint density at radius 2 is 0.329 bits per heavy atom. The van der Waals surface area contributed by atoms with Crippen LogP contribution in [0.5, 0.6) is 46.0 Å². The minimum Gasteiger partial charge on any atom is -0.497 e. The summed E-state index contributed by atoms with van der Waals surface area (Å²) in [7, 11) is 12.6. The summed E-state index contributed by atoms with van der Waals surface area (Å²) in [5.41, 5.74) is 3.06. The molecule has 82 heavy (non-hydrogen) atoms. The second-order valence-corrected chi connectivity index (χ2v) is 18.8. The van der Waals surface area contributed by atoms with Crippen molar-refractivity contribution < 1.29 is 46.7 Å². The van der Waals surface area contributed by atoms with Crippen LogP contribution in [-0.2, 0) is 0 Å². The van der Waals surface area contributed by atoms with Crippen molar-refractivity contribution in [1.82, 2.24) is 0 Å². The van der Waals surface area contributed by atoms with Crippen molar-refractivity contribution in [1.29, 1.82) is 0 Å². The molecular weight excluding hydrogens is 1130 g/mol. The van der Waals surface area contributed by atoms with Crippen molar-refractivity contribution in [3.05, 3.63) is 206 Å². The van der Waals surface area contributed by atoms with Gasteiger partial charge in [0.15, 0.2) is 11.6 Å². The quantitative estimate of drug-likeness (QED) is 0.0681. The van der Waals surface area contributed by atoms with Crippen LogP contribution in [0.15, 0.2) is 194 Å². The van der Waals surface area contributed by atoms with E-state index in [1.54, 1.807) is 271 Å². The molecule has 0 atom stereocenters. The third-order valence-electron chi connectivity index (χ3n) is 12.8. The summed E-state index contributed by atoms with van der Waals surface area (Å²) in [6.45, 7) is 0. The predicted octanol–water partition coefficient (Wildman–Crippen LogP) is 18.8. The smallest absolute Gasteiger partial charge is 0.175 e. The molecule has 0 aliphatic heterocycles. The molecule has 0 fully saturated rings. The molecule has 0 spiro atoms. The minimum absolute atomic E-state index is 0.172. The van der Waals surface area contributed by atoms with E-state index in [9.17, 15) is 0 Å². The molecule has 9 aromatic rings. The number of nitrogens with zero attached hydrogens (tertiary/aromatic N) is 4. The third-order valence-corrected chi connectivity index (χ3v) is 12.8. The van der Waals surface area contributed by atoms with Crippen LogP contribution in [0.3, 0.4) is 0 Å². The molecule has 12 nitrogen and oxygen atoms in total. The largest absolute Gasteiger partial charge is 0.497 e. The fourth-order valence-corrected chi connectivity index (χ4v) is 8.94. The van der Waals surface area contributed by atoms with E-state index >= 15 is 8.78 Å². The SMILES string of the molecule is COc1ccc(N(c2ccc(OC)cc2)c2c(F)c(N(c3ccc(OC)cc3)c3ccc(OC)cc3)c(N(c3ccc(OC)cc3)c3ccc(OC)cc3)c(F)c2N(c2ccc(OC)cc2)c2ccc(OC)cc2)cc1.ClCCl.ClCCl. The van der Waals surface area contributed by atoms with E-state index < -0.39 is 11.6 Å². The van der Waals surface area contributed by atoms with Crippen molar-refractivity contribution in [3.8, 4) is 46.0 Å². The van der Waals surface area contributed by atoms with Gasteiger partial charge < -0.3 is 57.5 Å². The molecule has 0 N–H and O–H groups in total. The van der Waals surface area contributed by atoms with Crippen molar-refractivity contribution in [3.63, 3.8) is 0 Å². The lowest BCUT2D eigenvalue weighted by Gasteiger charge is -2.39. The Labute approximate surface area is 497 Å². The zero-order chi connectivity index (χ0) is 58.7. The van der Waals surface area contributed by atoms with Gasteiger partial charge in [0.25, 0.3) is 0 Å². The molecule has 0 bridgehead atoms. The summed E-state index contributed by atoms with van der Waals surface area (Å²) in [6, 6.07) is 57.2. The van der Waals surface area contributed by atoms with Gasteiger partial charge in [0, 0.05) is 45.5 Å². The molecule has 426 valence electrons. The molecule has 9 rings (SSSR count). The highest BCUT2D eigenvalue weighted by molar-refractivity contribution is 6.41. The molecular formula is C64H60Cl4F2N4O8. The Balaban J connectivity index is 0.00000155. The van der Waals surface area contributed by atoms with E-state index in [2.05, 4.69) is 0 Å². The second-order valence-electron chi connectivity index (χ2n) is 17.2. The summed E-state index contributed by atoms with van der Waals surface area (Å²) in [4.78, 5) is 6.80. The predicted molar refractivity (Wildman–Crippen MR) is 331 cm³/mol. The normalized spacial score (nSPS) is 10.4. The number of hydrogen-bond donors (Lipinski definition) is 0. The lowest BCUT2D eigenvalue weighted by Crippen LogP contribution is -2.25. The summed E-state index contributed by atoms with van der Waals surface area (Å²) in [5.74, 6) is 2.78. The average molecular weight is 1190 g/mol. The highest BCUT2D eigenvalue weighted by atomic mass is 35.5. The van der Waals surface area contributed by atoms with Gasteiger partial charge in [-0.25, -0.2) is 8.78 Å². The van der Waals surface area contributed by atoms with Crippen LogP contribution in [0, 0.1) is 11.6 Å². The maximum absolute atomic E-state index is 20.6. The Hall–Kier alpha value is -8.40. The summed E-state index contributed by atoms with van der Waals surface area (Å²) in [5, 5.41) is 0.389. The van der Waals surface area contributed by atoms with E-state index in [1.165, 1.54) is 0 Å². The number of anilines is 12. The lowest BCUT2D eigenvalue weighted by molar-refractivity contribution is 0.414. The van der Waals surface area contributed by atoms with Gasteiger partial charge in [-0.2, -0.15) is 0 Å². The van der Waals surface area contributed by atoms with Crippen molar-refractivity contribution >= 4 is 115 Å². The summed E-state index contributed by atoms with van der Waals surface area (Å²) in [6.07, 6.45) is 0. The number of alkyl halides is 4. The average Bonchev–Trinajstić information content (AvgIpc) is 3.71. The van der Waals surface area contributed by atoms with Gasteiger partial charge in [-0.1, -0.05) is 0 Å². The number of rotatable bonds is 20. The van der Waals surface area contributed by atoms with Crippen LogP contribution >= 0.6 is 46.4 Å². The lowest BCUT2D eigenvalue weighted by atomic mass is 10.0. The van der Waals surface area contributed by atoms with Crippen LogP contribution < -0.4 is 57.5 Å². The second kappa shape index (κ2) is 29.9. The van der Waals surface area contributed by atoms with Crippen molar-refractivity contribution in [2.45, 2.75) is 0 Å². The van der Waals surface area contributed by atoms with E-state index in [-0.39, 0.29) is 33.4 Å². The van der Waals surface area contributed by atoms with Gasteiger partial charge in [0.05, 0.1) is 67.6 Å². The Kier molecular flexibility index (Phi) is 22.3. The fourth-order valence-electron chi connectivity index (χ4n) is 8.94. The van der Waals surface area contributed by atoms with Gasteiger partial charge in [-0.05, 0) is 194 Å². The molecule has 0 radical (unpaired) electrons. The maximum atomic E-state index is 20.6. The van der Waals surface area contributed by atoms with Crippen LogP contribution in [0.2, 0.25) is 0 Å². The molecule has 18 heteroatoms. The van der Waals surface area contributed by atoms with E-state index in [0.717, 1.165) is 0 Å². The molecule has 0 aliphatic carbocycles. The topological polar surface area (TPSA) is 86.8 Å². The van der Waals surface area contributed by atoms with Gasteiger partial charge in [-0.3, -0.25) is 0 Å². The number of hydrogen-bond acceptors (Lipinski definition) is 12. The monoisotopic (exact) mass is 1190 g/mol. The summed E-state index contributed by atoms with van der Waals surface area (Å²) >= 11 is 19.1. The molecule has 0 heterocycles. The Morgan fingerprint density at radius 3 is 0.415 bits per heavy atom. The number of halogens is 6. The Morgan fingerprint density at radius 1 is 0.232 bits per heavy atom. The molecule has 0 unspecified atom stereocenters. The van der Waals surface area contributed by atoms with E-state index in [0.29, 0.717) is 91.5 Å². The van der Waals surface area contributed by atoms with Crippen LogP contribution in [0.1, 0.15) is 0 Å². The van der Waals surface area contributed by atoms with Crippen LogP contribution in [0.4, 0.5) is 77.0 Å². The van der Waals surface area contributed by atoms with Gasteiger partial charge in [0.1, 0.15) is 68.7 Å². The minimum atomic E-state index is -0.830. The highest BCUT2D eigenvalue weighted by Gasteiger charge is 2.39. The van der Waals surface area contributed by atoms with Crippen molar-refractivity contribution in [2.75, 3.05) is 87.2 Å². The van der Waals surface area contributed by atoms with Crippen LogP contribution in [0.25, 0.3) is 0 Å². The first-order chi connectivity index (χ1) is 40.0. The molecule has 9 aromatic carbocycles. The van der Waals surface area contributed by atoms with E-state index in [4.69, 9.17) is 84.3 Å². The van der Waals surface area contributed by atoms with Crippen LogP contribution in [-0.4, -0.2) is 67.6 Å². The standard InChI is InChI=1S/C62H56F2N4O8.2CH2Cl2/c1-69-49-25-9-41(10-26-49)65(42-11-27-50(70-2)28-12-42)59-57(63)61(67(45-17-33-53(73-5)34-18-45)46-19-35-54(74-6)36-20-46)62(68(47-21-37-55(75-7)38-22-47)48-23-39-56(76-8)40-24-48)58(64)60(59)66(43-13-29-51(71-3)30-14-43)44-15-31-52(72-4)32-16-44;2*2-1-3/h9-40H,1-8H3;2*1H2. The molecule has 0 saturated carbocycles. The Bertz CT molecular complexity index is 2770. The molecule has 0 amide bonds. The zero-order valence-corrected chi connectivity index (χ0v) is 49.2. The van der Waals surface area contributed by atoms with Crippen molar-refractivity contribution in [2.24, 2.45) is 0 Å². The first kappa shape index (κ1) is 61.2.